The van der Waals surface area contributed by atoms with Gasteiger partial charge in [-0.15, -0.1) is 0 Å². The zero-order valence-corrected chi connectivity index (χ0v) is 12.8. The highest BCUT2D eigenvalue weighted by Crippen LogP contribution is 2.55. The number of fused-ring (bicyclic) bond motifs is 2. The van der Waals surface area contributed by atoms with Crippen molar-refractivity contribution in [2.45, 2.75) is 38.6 Å². The zero-order chi connectivity index (χ0) is 14.4. The van der Waals surface area contributed by atoms with Crippen molar-refractivity contribution in [1.82, 2.24) is 0 Å². The summed E-state index contributed by atoms with van der Waals surface area (Å²) in [5.41, 5.74) is 6.95. The smallest absolute Gasteiger partial charge is 0.0946 e. The van der Waals surface area contributed by atoms with Gasteiger partial charge in [0.1, 0.15) is 0 Å². The Labute approximate surface area is 127 Å². The third-order valence-electron chi connectivity index (χ3n) is 4.77. The second-order valence-electron chi connectivity index (χ2n) is 6.38. The van der Waals surface area contributed by atoms with Crippen LogP contribution >= 0.6 is 0 Å². The van der Waals surface area contributed by atoms with Crippen molar-refractivity contribution in [3.05, 3.63) is 77.1 Å². The van der Waals surface area contributed by atoms with Gasteiger partial charge in [0.05, 0.1) is 5.54 Å². The van der Waals surface area contributed by atoms with E-state index in [1.54, 1.807) is 0 Å². The molecule has 1 spiro atoms. The Morgan fingerprint density at radius 3 is 2.71 bits per heavy atom. The summed E-state index contributed by atoms with van der Waals surface area (Å²) in [7, 11) is 0. The third kappa shape index (κ3) is 1.77. The fraction of sp³-hybridized carbons (Fsp3) is 0.300. The highest BCUT2D eigenvalue weighted by Gasteiger charge is 2.49. The molecule has 1 aromatic carbocycles. The van der Waals surface area contributed by atoms with Crippen LogP contribution in [0.4, 0.5) is 5.69 Å². The number of allylic oxidation sites excluding steroid dienone is 5. The molecule has 1 nitrogen and oxygen atoms in total. The Bertz CT molecular complexity index is 717. The Balaban J connectivity index is 1.88. The second-order valence-corrected chi connectivity index (χ2v) is 6.38. The van der Waals surface area contributed by atoms with Crippen molar-refractivity contribution < 1.29 is 0 Å². The van der Waals surface area contributed by atoms with E-state index in [1.807, 2.05) is 0 Å². The summed E-state index contributed by atoms with van der Waals surface area (Å²) in [6.45, 7) is 4.39. The minimum absolute atomic E-state index is 0.0354. The summed E-state index contributed by atoms with van der Waals surface area (Å²) in [6, 6.07) is 6.86. The van der Waals surface area contributed by atoms with Crippen molar-refractivity contribution >= 4 is 5.69 Å². The van der Waals surface area contributed by atoms with Crippen LogP contribution in [0.3, 0.4) is 0 Å². The van der Waals surface area contributed by atoms with Crippen molar-refractivity contribution in [2.24, 2.45) is 0 Å². The van der Waals surface area contributed by atoms with Crippen molar-refractivity contribution in [2.75, 3.05) is 4.90 Å². The Hall–Kier alpha value is -2.02. The summed E-state index contributed by atoms with van der Waals surface area (Å²) in [5.74, 6) is 0. The number of rotatable bonds is 1. The van der Waals surface area contributed by atoms with Crippen molar-refractivity contribution in [3.8, 4) is 0 Å². The molecule has 0 bridgehead atoms. The molecule has 2 aliphatic carbocycles. The molecule has 0 saturated carbocycles. The molecule has 0 N–H and O–H groups in total. The first kappa shape index (κ1) is 12.7. The lowest BCUT2D eigenvalue weighted by Gasteiger charge is -2.55. The maximum atomic E-state index is 2.53. The van der Waals surface area contributed by atoms with E-state index in [1.165, 1.54) is 34.5 Å². The first-order valence-electron chi connectivity index (χ1n) is 7.85. The number of anilines is 1. The van der Waals surface area contributed by atoms with Gasteiger partial charge >= 0.3 is 0 Å². The lowest BCUT2D eigenvalue weighted by Crippen LogP contribution is -2.53. The van der Waals surface area contributed by atoms with Gasteiger partial charge in [-0.3, -0.25) is 0 Å². The van der Waals surface area contributed by atoms with E-state index >= 15 is 0 Å². The topological polar surface area (TPSA) is 3.24 Å². The van der Waals surface area contributed by atoms with Gasteiger partial charge in [0, 0.05) is 16.9 Å². The summed E-state index contributed by atoms with van der Waals surface area (Å²) < 4.78 is 0. The maximum Gasteiger partial charge on any atom is 0.0946 e. The van der Waals surface area contributed by atoms with E-state index < -0.39 is 0 Å². The molecule has 0 fully saturated rings. The predicted octanol–water partition coefficient (Wildman–Crippen LogP) is 5.15. The van der Waals surface area contributed by atoms with Crippen LogP contribution in [0.1, 0.15) is 37.3 Å². The van der Waals surface area contributed by atoms with Crippen molar-refractivity contribution in [3.63, 3.8) is 0 Å². The van der Waals surface area contributed by atoms with Crippen molar-refractivity contribution in [1.29, 1.82) is 0 Å². The van der Waals surface area contributed by atoms with E-state index in [-0.39, 0.29) is 5.54 Å². The quantitative estimate of drug-likeness (QED) is 0.685. The van der Waals surface area contributed by atoms with Crippen LogP contribution in [-0.4, -0.2) is 0 Å². The van der Waals surface area contributed by atoms with Gasteiger partial charge in [0.15, 0.2) is 0 Å². The van der Waals surface area contributed by atoms with E-state index in [4.69, 9.17) is 0 Å². The maximum absolute atomic E-state index is 2.53. The van der Waals surface area contributed by atoms with E-state index in [2.05, 4.69) is 73.4 Å². The van der Waals surface area contributed by atoms with Crippen LogP contribution in [-0.2, 0) is 5.54 Å². The van der Waals surface area contributed by atoms with Crippen LogP contribution in [0.25, 0.3) is 0 Å². The average Bonchev–Trinajstić information content (AvgIpc) is 2.50. The van der Waals surface area contributed by atoms with Crippen LogP contribution in [0.2, 0.25) is 0 Å². The third-order valence-corrected chi connectivity index (χ3v) is 4.77. The summed E-state index contributed by atoms with van der Waals surface area (Å²) in [6.07, 6.45) is 17.3. The molecular formula is C20H21N. The molecule has 106 valence electrons. The zero-order valence-electron chi connectivity index (χ0n) is 12.8. The minimum atomic E-state index is 0.0354. The second kappa shape index (κ2) is 4.49. The molecule has 1 unspecified atom stereocenters. The predicted molar refractivity (Wildman–Crippen MR) is 89.3 cm³/mol. The van der Waals surface area contributed by atoms with Crippen LogP contribution in [0.15, 0.2) is 65.9 Å². The number of hydrogen-bond acceptors (Lipinski definition) is 1. The minimum Gasteiger partial charge on any atom is -0.327 e. The fourth-order valence-corrected chi connectivity index (χ4v) is 3.86. The lowest BCUT2D eigenvalue weighted by atomic mass is 9.72. The van der Waals surface area contributed by atoms with Gasteiger partial charge in [-0.2, -0.15) is 0 Å². The molecule has 1 aromatic rings. The Kier molecular flexibility index (Phi) is 2.72. The van der Waals surface area contributed by atoms with E-state index in [0.29, 0.717) is 0 Å². The fourth-order valence-electron chi connectivity index (χ4n) is 3.86. The van der Waals surface area contributed by atoms with Crippen LogP contribution in [0.5, 0.6) is 0 Å². The molecule has 1 aliphatic heterocycles. The van der Waals surface area contributed by atoms with E-state index in [9.17, 15) is 0 Å². The van der Waals surface area contributed by atoms with Gasteiger partial charge < -0.3 is 4.90 Å². The molecule has 1 heteroatoms. The SMILES string of the molecule is CC1=CC2(CC=C1)c1cc(C)ccc1N2C1=CCCC=C1. The summed E-state index contributed by atoms with van der Waals surface area (Å²) in [5, 5.41) is 0. The van der Waals surface area contributed by atoms with Gasteiger partial charge in [-0.1, -0.05) is 53.6 Å². The first-order chi connectivity index (χ1) is 10.2. The number of aryl methyl sites for hydroxylation is 1. The average molecular weight is 275 g/mol. The number of benzene rings is 1. The standard InChI is InChI=1S/C20H21N/c1-15-10-11-19-18(13-15)20(12-6-7-16(2)14-20)21(19)17-8-4-3-5-9-17/h4,6-11,13-14H,3,5,12H2,1-2H3. The normalized spacial score (nSPS) is 26.3. The van der Waals surface area contributed by atoms with Gasteiger partial charge in [0.2, 0.25) is 0 Å². The molecule has 4 rings (SSSR count). The summed E-state index contributed by atoms with van der Waals surface area (Å²) >= 11 is 0. The van der Waals surface area contributed by atoms with Gasteiger partial charge in [0.25, 0.3) is 0 Å². The summed E-state index contributed by atoms with van der Waals surface area (Å²) in [4.78, 5) is 2.53. The molecule has 1 atom stereocenters. The van der Waals surface area contributed by atoms with E-state index in [0.717, 1.165) is 12.8 Å². The largest absolute Gasteiger partial charge is 0.327 e. The van der Waals surface area contributed by atoms with Crippen LogP contribution < -0.4 is 4.90 Å². The molecule has 0 radical (unpaired) electrons. The Morgan fingerprint density at radius 2 is 1.95 bits per heavy atom. The molecule has 21 heavy (non-hydrogen) atoms. The molecule has 1 heterocycles. The highest BCUT2D eigenvalue weighted by molar-refractivity contribution is 5.78. The molecule has 0 saturated heterocycles. The van der Waals surface area contributed by atoms with Crippen LogP contribution in [0, 0.1) is 6.92 Å². The first-order valence-corrected chi connectivity index (χ1v) is 7.85. The molecular weight excluding hydrogens is 254 g/mol. The van der Waals surface area contributed by atoms with Gasteiger partial charge in [-0.05, 0) is 45.3 Å². The molecule has 3 aliphatic rings. The van der Waals surface area contributed by atoms with Gasteiger partial charge in [-0.25, -0.2) is 0 Å². The number of hydrogen-bond donors (Lipinski definition) is 0. The monoisotopic (exact) mass is 275 g/mol. The lowest BCUT2D eigenvalue weighted by molar-refractivity contribution is 0.478. The highest BCUT2D eigenvalue weighted by atomic mass is 15.3. The molecule has 0 aromatic heterocycles. The number of nitrogens with zero attached hydrogens (tertiary/aromatic N) is 1. The Morgan fingerprint density at radius 1 is 1.05 bits per heavy atom. The molecule has 0 amide bonds.